The molecule has 0 aliphatic heterocycles. The average molecular weight is 381 g/mol. The molecule has 0 aromatic carbocycles. The van der Waals surface area contributed by atoms with Crippen LogP contribution in [-0.4, -0.2) is 56.9 Å². The first kappa shape index (κ1) is 24.3. The minimum atomic E-state index is -1.14. The molecule has 9 nitrogen and oxygen atoms in total. The summed E-state index contributed by atoms with van der Waals surface area (Å²) in [6.45, 7) is 13.1. The largest absolute Gasteiger partial charge is 0.480 e. The Balaban J connectivity index is 0.000000636. The Kier molecular flexibility index (Phi) is 10.7. The number of hydrogen-bond acceptors (Lipinski definition) is 6. The number of aliphatic imine (C=N–C) groups is 2. The minimum absolute atomic E-state index is 0.0953. The Bertz CT molecular complexity index is 615. The van der Waals surface area contributed by atoms with Gasteiger partial charge in [-0.3, -0.25) is 0 Å². The fraction of sp³-hybridized carbons (Fsp3) is 0.667. The summed E-state index contributed by atoms with van der Waals surface area (Å²) in [6.07, 6.45) is 2.36. The van der Waals surface area contributed by atoms with E-state index >= 15 is 0 Å². The van der Waals surface area contributed by atoms with Crippen LogP contribution in [0.2, 0.25) is 0 Å². The molecule has 0 saturated heterocycles. The Hall–Kier alpha value is -2.67. The van der Waals surface area contributed by atoms with Crippen LogP contribution < -0.4 is 5.32 Å². The summed E-state index contributed by atoms with van der Waals surface area (Å²) >= 11 is 0. The zero-order valence-electron chi connectivity index (χ0n) is 17.1. The van der Waals surface area contributed by atoms with E-state index in [1.54, 1.807) is 27.0 Å². The second kappa shape index (κ2) is 11.9. The first-order chi connectivity index (χ1) is 12.4. The van der Waals surface area contributed by atoms with Gasteiger partial charge in [0.2, 0.25) is 0 Å². The van der Waals surface area contributed by atoms with Crippen LogP contribution in [0.25, 0.3) is 0 Å². The number of carboxylic acids is 1. The Morgan fingerprint density at radius 1 is 1.26 bits per heavy atom. The smallest absolute Gasteiger partial charge is 0.408 e. The lowest BCUT2D eigenvalue weighted by atomic mass is 10.1. The third-order valence-electron chi connectivity index (χ3n) is 2.59. The van der Waals surface area contributed by atoms with E-state index in [1.165, 1.54) is 6.33 Å². The van der Waals surface area contributed by atoms with Crippen LogP contribution in [0, 0.1) is 0 Å². The first-order valence-corrected chi connectivity index (χ1v) is 8.75. The zero-order chi connectivity index (χ0) is 21.0. The van der Waals surface area contributed by atoms with Crippen molar-refractivity contribution in [3.63, 3.8) is 0 Å². The normalized spacial score (nSPS) is 11.7. The van der Waals surface area contributed by atoms with Crippen molar-refractivity contribution < 1.29 is 19.4 Å². The molecule has 1 heterocycles. The third-order valence-corrected chi connectivity index (χ3v) is 2.59. The van der Waals surface area contributed by atoms with E-state index in [0.29, 0.717) is 17.8 Å². The van der Waals surface area contributed by atoms with E-state index in [0.717, 1.165) is 0 Å². The highest BCUT2D eigenvalue weighted by atomic mass is 16.6. The number of H-pyrrole nitrogens is 1. The van der Waals surface area contributed by atoms with Crippen molar-refractivity contribution in [2.45, 2.75) is 78.6 Å². The Morgan fingerprint density at radius 3 is 2.19 bits per heavy atom. The van der Waals surface area contributed by atoms with Crippen molar-refractivity contribution in [3.8, 4) is 0 Å². The zero-order valence-corrected chi connectivity index (χ0v) is 17.1. The van der Waals surface area contributed by atoms with Gasteiger partial charge >= 0.3 is 12.1 Å². The number of alkyl carbamates (subject to hydrolysis) is 1. The van der Waals surface area contributed by atoms with Gasteiger partial charge in [0.25, 0.3) is 0 Å². The maximum atomic E-state index is 11.5. The number of imidazole rings is 1. The van der Waals surface area contributed by atoms with E-state index in [4.69, 9.17) is 9.84 Å². The number of nitrogens with zero attached hydrogens (tertiary/aromatic N) is 3. The highest BCUT2D eigenvalue weighted by molar-refractivity contribution is 5.80. The molecule has 1 aromatic rings. The predicted octanol–water partition coefficient (Wildman–Crippen LogP) is 2.91. The lowest BCUT2D eigenvalue weighted by molar-refractivity contribution is -0.139. The fourth-order valence-electron chi connectivity index (χ4n) is 1.53. The number of carbonyl (C=O) groups is 2. The van der Waals surface area contributed by atoms with Crippen LogP contribution in [0.3, 0.4) is 0 Å². The van der Waals surface area contributed by atoms with Gasteiger partial charge in [0.1, 0.15) is 11.6 Å². The van der Waals surface area contributed by atoms with E-state index in [9.17, 15) is 9.59 Å². The van der Waals surface area contributed by atoms with Gasteiger partial charge in [-0.25, -0.2) is 24.6 Å². The Labute approximate surface area is 160 Å². The summed E-state index contributed by atoms with van der Waals surface area (Å²) in [7, 11) is 0. The number of carboxylic acid groups (broad SMARTS) is 1. The summed E-state index contributed by atoms with van der Waals surface area (Å²) in [5.74, 6) is -1.14. The molecule has 1 rings (SSSR count). The van der Waals surface area contributed by atoms with E-state index in [-0.39, 0.29) is 6.42 Å². The number of aromatic amines is 1. The topological polar surface area (TPSA) is 129 Å². The average Bonchev–Trinajstić information content (AvgIpc) is 2.97. The molecule has 0 radical (unpaired) electrons. The van der Waals surface area contributed by atoms with Gasteiger partial charge < -0.3 is 20.1 Å². The van der Waals surface area contributed by atoms with E-state index < -0.39 is 23.7 Å². The lowest BCUT2D eigenvalue weighted by Gasteiger charge is -2.21. The minimum Gasteiger partial charge on any atom is -0.480 e. The molecular formula is C18H31N5O4. The molecule has 0 bridgehead atoms. The van der Waals surface area contributed by atoms with Crippen molar-refractivity contribution in [2.24, 2.45) is 9.98 Å². The number of nitrogens with one attached hydrogen (secondary N) is 2. The van der Waals surface area contributed by atoms with Gasteiger partial charge in [-0.2, -0.15) is 0 Å². The van der Waals surface area contributed by atoms with Crippen LogP contribution in [0.1, 0.15) is 54.2 Å². The number of rotatable bonds is 6. The molecule has 9 heteroatoms. The SMILES string of the molecule is CC(C)(C)OC(=O)N[C@@H](Cc1c[nH]cn1)C(=O)O.CC(C)N=C=NC(C)C. The summed E-state index contributed by atoms with van der Waals surface area (Å²) in [4.78, 5) is 37.0. The number of hydrogen-bond donors (Lipinski definition) is 3. The van der Waals surface area contributed by atoms with Crippen LogP contribution in [-0.2, 0) is 16.0 Å². The molecule has 0 unspecified atom stereocenters. The van der Waals surface area contributed by atoms with Gasteiger partial charge in [-0.15, -0.1) is 0 Å². The van der Waals surface area contributed by atoms with Gasteiger partial charge in [-0.05, 0) is 48.5 Å². The number of aromatic nitrogens is 2. The highest BCUT2D eigenvalue weighted by Crippen LogP contribution is 2.07. The van der Waals surface area contributed by atoms with E-state index in [1.807, 2.05) is 27.7 Å². The van der Waals surface area contributed by atoms with Crippen LogP contribution in [0.5, 0.6) is 0 Å². The quantitative estimate of drug-likeness (QED) is 0.653. The van der Waals surface area contributed by atoms with Crippen LogP contribution in [0.4, 0.5) is 4.79 Å². The van der Waals surface area contributed by atoms with Crippen LogP contribution in [0.15, 0.2) is 22.5 Å². The van der Waals surface area contributed by atoms with Crippen molar-refractivity contribution in [2.75, 3.05) is 0 Å². The standard InChI is InChI=1S/C11H17N3O4.C7H14N2/c1-11(2,3)18-10(17)14-8(9(15)16)4-7-5-12-6-13-7;1-6(2)8-5-9-7(3)4/h5-6,8H,4H2,1-3H3,(H,12,13)(H,14,17)(H,15,16);6-7H,1-4H3/t8-;/m0./s1. The molecule has 0 aliphatic carbocycles. The van der Waals surface area contributed by atoms with Gasteiger partial charge in [-0.1, -0.05) is 0 Å². The molecule has 0 aliphatic rings. The second-order valence-electron chi connectivity index (χ2n) is 7.35. The molecule has 3 N–H and O–H groups in total. The number of aliphatic carboxylic acids is 1. The van der Waals surface area contributed by atoms with E-state index in [2.05, 4.69) is 31.3 Å². The molecule has 0 spiro atoms. The Morgan fingerprint density at radius 2 is 1.81 bits per heavy atom. The molecule has 1 aromatic heterocycles. The first-order valence-electron chi connectivity index (χ1n) is 8.75. The maximum absolute atomic E-state index is 11.5. The molecule has 0 saturated carbocycles. The molecule has 1 atom stereocenters. The van der Waals surface area contributed by atoms with Gasteiger partial charge in [0.05, 0.1) is 30.1 Å². The van der Waals surface area contributed by atoms with Gasteiger partial charge in [0, 0.05) is 12.6 Å². The van der Waals surface area contributed by atoms with Crippen molar-refractivity contribution >= 4 is 18.1 Å². The maximum Gasteiger partial charge on any atom is 0.408 e. The van der Waals surface area contributed by atoms with Crippen molar-refractivity contribution in [3.05, 3.63) is 18.2 Å². The fourth-order valence-corrected chi connectivity index (χ4v) is 1.53. The lowest BCUT2D eigenvalue weighted by Crippen LogP contribution is -2.44. The summed E-state index contributed by atoms with van der Waals surface area (Å²) < 4.78 is 5.00. The monoisotopic (exact) mass is 381 g/mol. The number of amides is 1. The predicted molar refractivity (Wildman–Crippen MR) is 103 cm³/mol. The number of ether oxygens (including phenoxy) is 1. The summed E-state index contributed by atoms with van der Waals surface area (Å²) in [6, 6.07) is 2.19. The van der Waals surface area contributed by atoms with Crippen molar-refractivity contribution in [1.82, 2.24) is 15.3 Å². The van der Waals surface area contributed by atoms with Crippen LogP contribution >= 0.6 is 0 Å². The second-order valence-corrected chi connectivity index (χ2v) is 7.35. The van der Waals surface area contributed by atoms with Crippen molar-refractivity contribution in [1.29, 1.82) is 0 Å². The molecule has 152 valence electrons. The number of carbonyl (C=O) groups excluding carboxylic acids is 1. The van der Waals surface area contributed by atoms with Gasteiger partial charge in [0.15, 0.2) is 0 Å². The molecular weight excluding hydrogens is 350 g/mol. The highest BCUT2D eigenvalue weighted by Gasteiger charge is 2.24. The molecule has 0 fully saturated rings. The molecule has 27 heavy (non-hydrogen) atoms. The summed E-state index contributed by atoms with van der Waals surface area (Å²) in [5.41, 5.74) is -0.113. The molecule has 1 amide bonds. The summed E-state index contributed by atoms with van der Waals surface area (Å²) in [5, 5.41) is 11.3. The third kappa shape index (κ3) is 14.2.